The number of nitrogens with one attached hydrogen (secondary N) is 2. The molecule has 2 aromatic rings. The number of imide groups is 1. The van der Waals surface area contributed by atoms with Gasteiger partial charge in [0, 0.05) is 30.3 Å². The molecule has 1 aliphatic heterocycles. The summed E-state index contributed by atoms with van der Waals surface area (Å²) in [5, 5.41) is 5.27. The molecule has 5 rings (SSSR count). The molecule has 3 aliphatic rings. The summed E-state index contributed by atoms with van der Waals surface area (Å²) in [7, 11) is 0. The van der Waals surface area contributed by atoms with Crippen LogP contribution >= 0.6 is 0 Å². The highest BCUT2D eigenvalue weighted by molar-refractivity contribution is 6.06. The van der Waals surface area contributed by atoms with Crippen LogP contribution in [0.15, 0.2) is 48.5 Å². The number of ether oxygens (including phenoxy) is 2. The van der Waals surface area contributed by atoms with Crippen LogP contribution in [0.2, 0.25) is 0 Å². The van der Waals surface area contributed by atoms with Crippen molar-refractivity contribution in [2.24, 2.45) is 5.92 Å². The van der Waals surface area contributed by atoms with Gasteiger partial charge in [0.05, 0.1) is 0 Å². The van der Waals surface area contributed by atoms with E-state index >= 15 is 0 Å². The van der Waals surface area contributed by atoms with E-state index in [0.29, 0.717) is 30.1 Å². The Morgan fingerprint density at radius 3 is 2.45 bits per heavy atom. The second-order valence-corrected chi connectivity index (χ2v) is 12.9. The number of anilines is 1. The van der Waals surface area contributed by atoms with Gasteiger partial charge in [0.1, 0.15) is 18.2 Å². The molecule has 1 saturated carbocycles. The number of benzene rings is 2. The van der Waals surface area contributed by atoms with Crippen molar-refractivity contribution < 1.29 is 33.4 Å². The Balaban J connectivity index is 1.26. The lowest BCUT2D eigenvalue weighted by molar-refractivity contribution is -0.143. The lowest BCUT2D eigenvalue weighted by atomic mass is 9.94. The second kappa shape index (κ2) is 11.9. The molecule has 3 atom stereocenters. The zero-order chi connectivity index (χ0) is 31.8. The number of amides is 5. The first-order valence-electron chi connectivity index (χ1n) is 15.1. The molecule has 2 aromatic carbocycles. The highest BCUT2D eigenvalue weighted by atomic mass is 16.6. The van der Waals surface area contributed by atoms with Crippen LogP contribution in [0, 0.1) is 5.92 Å². The minimum Gasteiger partial charge on any atom is -0.444 e. The zero-order valence-corrected chi connectivity index (χ0v) is 25.8. The second-order valence-electron chi connectivity index (χ2n) is 12.9. The Hall–Kier alpha value is -4.41. The number of rotatable bonds is 9. The van der Waals surface area contributed by atoms with Gasteiger partial charge in [-0.3, -0.25) is 14.4 Å². The fourth-order valence-corrected chi connectivity index (χ4v) is 5.83. The fraction of sp³-hybridized carbons (Fsp3) is 0.485. The van der Waals surface area contributed by atoms with Gasteiger partial charge in [-0.2, -0.15) is 0 Å². The Kier molecular flexibility index (Phi) is 8.42. The third-order valence-electron chi connectivity index (χ3n) is 8.36. The highest BCUT2D eigenvalue weighted by Gasteiger charge is 2.58. The van der Waals surface area contributed by atoms with Crippen molar-refractivity contribution in [3.8, 4) is 0 Å². The van der Waals surface area contributed by atoms with Gasteiger partial charge in [0.25, 0.3) is 5.91 Å². The van der Waals surface area contributed by atoms with Gasteiger partial charge in [0.15, 0.2) is 0 Å². The van der Waals surface area contributed by atoms with Crippen LogP contribution in [0.4, 0.5) is 15.3 Å². The van der Waals surface area contributed by atoms with Crippen LogP contribution in [-0.4, -0.2) is 63.9 Å². The van der Waals surface area contributed by atoms with Gasteiger partial charge in [-0.25, -0.2) is 14.5 Å². The maximum atomic E-state index is 13.8. The van der Waals surface area contributed by atoms with Crippen LogP contribution in [0.25, 0.3) is 0 Å². The highest BCUT2D eigenvalue weighted by Crippen LogP contribution is 2.46. The predicted molar refractivity (Wildman–Crippen MR) is 161 cm³/mol. The number of hydrogen-bond acceptors (Lipinski definition) is 7. The van der Waals surface area contributed by atoms with Crippen LogP contribution in [-0.2, 0) is 42.4 Å². The van der Waals surface area contributed by atoms with E-state index in [2.05, 4.69) is 10.6 Å². The molecule has 1 unspecified atom stereocenters. The third-order valence-corrected chi connectivity index (χ3v) is 8.36. The molecule has 1 spiro atoms. The molecule has 0 bridgehead atoms. The van der Waals surface area contributed by atoms with Crippen LogP contribution in [0.1, 0.15) is 70.6 Å². The van der Waals surface area contributed by atoms with E-state index in [9.17, 15) is 24.0 Å². The van der Waals surface area contributed by atoms with Gasteiger partial charge in [-0.15, -0.1) is 0 Å². The van der Waals surface area contributed by atoms with Gasteiger partial charge in [0.2, 0.25) is 17.4 Å². The summed E-state index contributed by atoms with van der Waals surface area (Å²) in [6.45, 7) is 8.75. The minimum atomic E-state index is -1.51. The molecule has 11 nitrogen and oxygen atoms in total. The number of aryl methyl sites for hydroxylation is 1. The summed E-state index contributed by atoms with van der Waals surface area (Å²) in [4.78, 5) is 67.9. The van der Waals surface area contributed by atoms with Gasteiger partial charge >= 0.3 is 12.2 Å². The summed E-state index contributed by atoms with van der Waals surface area (Å²) >= 11 is 0. The molecule has 44 heavy (non-hydrogen) atoms. The number of hydrogen-bond donors (Lipinski definition) is 2. The molecule has 5 amide bonds. The summed E-state index contributed by atoms with van der Waals surface area (Å²) in [6, 6.07) is 13.8. The van der Waals surface area contributed by atoms with Crippen molar-refractivity contribution in [1.82, 2.24) is 15.1 Å². The first kappa shape index (κ1) is 31.0. The van der Waals surface area contributed by atoms with Crippen molar-refractivity contribution in [2.45, 2.75) is 90.1 Å². The molecule has 2 fully saturated rings. The Bertz CT molecular complexity index is 1470. The van der Waals surface area contributed by atoms with E-state index in [0.717, 1.165) is 28.9 Å². The number of fused-ring (bicyclic) bond motifs is 2. The van der Waals surface area contributed by atoms with Crippen LogP contribution in [0.5, 0.6) is 0 Å². The number of carbonyl (C=O) groups excluding carboxylic acids is 5. The SMILES string of the molecule is C[C@@H](NC(=O)OC(C)(C)C)C(=O)Nc1ccc2c(c1)CCC21OC(=O)N(CC(=O)N(Cc2ccccc2)[C@@H](C)C2CC2)C1=O. The van der Waals surface area contributed by atoms with E-state index < -0.39 is 47.8 Å². The van der Waals surface area contributed by atoms with E-state index in [4.69, 9.17) is 9.47 Å². The van der Waals surface area contributed by atoms with Crippen LogP contribution in [0.3, 0.4) is 0 Å². The summed E-state index contributed by atoms with van der Waals surface area (Å²) in [5.74, 6) is -0.902. The van der Waals surface area contributed by atoms with Gasteiger partial charge in [-0.1, -0.05) is 36.4 Å². The molecule has 2 N–H and O–H groups in total. The molecule has 2 aliphatic carbocycles. The fourth-order valence-electron chi connectivity index (χ4n) is 5.83. The van der Waals surface area contributed by atoms with Crippen molar-refractivity contribution in [3.05, 3.63) is 65.2 Å². The zero-order valence-electron chi connectivity index (χ0n) is 25.8. The quantitative estimate of drug-likeness (QED) is 0.431. The topological polar surface area (TPSA) is 134 Å². The monoisotopic (exact) mass is 604 g/mol. The average molecular weight is 605 g/mol. The smallest absolute Gasteiger partial charge is 0.418 e. The maximum absolute atomic E-state index is 13.8. The number of carbonyl (C=O) groups is 5. The summed E-state index contributed by atoms with van der Waals surface area (Å²) in [6.07, 6.45) is 1.22. The Morgan fingerprint density at radius 1 is 1.09 bits per heavy atom. The van der Waals surface area contributed by atoms with Crippen molar-refractivity contribution >= 4 is 35.6 Å². The Morgan fingerprint density at radius 2 is 1.80 bits per heavy atom. The van der Waals surface area contributed by atoms with E-state index in [-0.39, 0.29) is 18.4 Å². The normalized spacial score (nSPS) is 20.5. The number of alkyl carbamates (subject to hydrolysis) is 1. The van der Waals surface area contributed by atoms with Gasteiger partial charge in [-0.05, 0) is 83.1 Å². The lowest BCUT2D eigenvalue weighted by Gasteiger charge is -2.30. The third kappa shape index (κ3) is 6.56. The first-order valence-corrected chi connectivity index (χ1v) is 15.1. The largest absolute Gasteiger partial charge is 0.444 e. The van der Waals surface area contributed by atoms with Crippen molar-refractivity contribution in [3.63, 3.8) is 0 Å². The van der Waals surface area contributed by atoms with Crippen molar-refractivity contribution in [2.75, 3.05) is 11.9 Å². The van der Waals surface area contributed by atoms with Crippen LogP contribution < -0.4 is 10.6 Å². The standard InChI is InChI=1S/C33H40N4O7/c1-20(34-30(41)43-32(3,4)5)28(39)35-25-13-14-26-24(17-25)15-16-33(26)29(40)37(31(42)44-33)19-27(38)36(21(2)23-11-12-23)18-22-9-7-6-8-10-22/h6-10,13-14,17,20-21,23H,11-12,15-16,18-19H2,1-5H3,(H,34,41)(H,35,39)/t20-,21+,33?/m1/s1. The molecule has 11 heteroatoms. The molecule has 1 heterocycles. The summed E-state index contributed by atoms with van der Waals surface area (Å²) < 4.78 is 10.9. The van der Waals surface area contributed by atoms with E-state index in [1.165, 1.54) is 0 Å². The van der Waals surface area contributed by atoms with E-state index in [1.807, 2.05) is 37.3 Å². The van der Waals surface area contributed by atoms with E-state index in [1.54, 1.807) is 50.8 Å². The molecule has 0 radical (unpaired) electrons. The molecular weight excluding hydrogens is 564 g/mol. The number of nitrogens with zero attached hydrogens (tertiary/aromatic N) is 2. The molecule has 1 saturated heterocycles. The molecule has 234 valence electrons. The van der Waals surface area contributed by atoms with Gasteiger partial charge < -0.3 is 25.0 Å². The maximum Gasteiger partial charge on any atom is 0.418 e. The summed E-state index contributed by atoms with van der Waals surface area (Å²) in [5.41, 5.74) is 0.527. The first-order chi connectivity index (χ1) is 20.8. The average Bonchev–Trinajstić information content (AvgIpc) is 3.71. The predicted octanol–water partition coefficient (Wildman–Crippen LogP) is 4.49. The van der Waals surface area contributed by atoms with Crippen molar-refractivity contribution in [1.29, 1.82) is 0 Å². The minimum absolute atomic E-state index is 0.0201. The molecule has 0 aromatic heterocycles. The lowest BCUT2D eigenvalue weighted by Crippen LogP contribution is -2.47. The molecular formula is C33H40N4O7. The Labute approximate surface area is 257 Å².